The third-order valence-corrected chi connectivity index (χ3v) is 20.5. The third kappa shape index (κ3) is 7.23. The van der Waals surface area contributed by atoms with Crippen molar-refractivity contribution in [1.29, 1.82) is 0 Å². The van der Waals surface area contributed by atoms with Crippen LogP contribution in [0.4, 0.5) is 5.69 Å². The van der Waals surface area contributed by atoms with Gasteiger partial charge < -0.3 is 30.1 Å². The summed E-state index contributed by atoms with van der Waals surface area (Å²) in [5, 5.41) is 45.7. The van der Waals surface area contributed by atoms with Crippen LogP contribution >= 0.6 is 0 Å². The molecule has 0 heterocycles. The number of carbonyl (C=O) groups is 2. The number of carboxylic acids is 1. The van der Waals surface area contributed by atoms with Gasteiger partial charge in [0, 0.05) is 43.5 Å². The highest BCUT2D eigenvalue weighted by Crippen LogP contribution is 2.70. The summed E-state index contributed by atoms with van der Waals surface area (Å²) < 4.78 is 6.68. The van der Waals surface area contributed by atoms with Crippen molar-refractivity contribution in [3.8, 4) is 11.8 Å². The van der Waals surface area contributed by atoms with Crippen molar-refractivity contribution in [3.05, 3.63) is 52.6 Å². The van der Waals surface area contributed by atoms with Crippen LogP contribution < -0.4 is 4.90 Å². The van der Waals surface area contributed by atoms with E-state index in [-0.39, 0.29) is 82.1 Å². The van der Waals surface area contributed by atoms with E-state index in [0.717, 1.165) is 89.3 Å². The molecule has 0 radical (unpaired) electrons. The van der Waals surface area contributed by atoms with Crippen molar-refractivity contribution in [2.75, 3.05) is 25.1 Å². The number of anilines is 1. The van der Waals surface area contributed by atoms with Crippen molar-refractivity contribution in [2.24, 2.45) is 69.5 Å². The molecule has 0 amide bonds. The normalized spacial score (nSPS) is 44.4. The Morgan fingerprint density at radius 2 is 1.73 bits per heavy atom. The topological polar surface area (TPSA) is 128 Å². The van der Waals surface area contributed by atoms with Gasteiger partial charge in [-0.2, -0.15) is 0 Å². The second kappa shape index (κ2) is 16.7. The van der Waals surface area contributed by atoms with Gasteiger partial charge in [-0.3, -0.25) is 9.59 Å². The predicted octanol–water partition coefficient (Wildman–Crippen LogP) is 9.51. The average molecular weight is 864 g/mol. The summed E-state index contributed by atoms with van der Waals surface area (Å²) >= 11 is 0. The number of nitrogens with zero attached hydrogens (tertiary/aromatic N) is 1. The third-order valence-electron chi connectivity index (χ3n) is 20.5. The van der Waals surface area contributed by atoms with E-state index < -0.39 is 17.7 Å². The Bertz CT molecular complexity index is 2060. The molecule has 0 aromatic heterocycles. The molecular formula is C55H77NO7. The number of carboxylic acid groups (broad SMARTS) is 1. The van der Waals surface area contributed by atoms with Crippen LogP contribution in [0, 0.1) is 81.3 Å². The average Bonchev–Trinajstić information content (AvgIpc) is 3.71. The summed E-state index contributed by atoms with van der Waals surface area (Å²) in [6, 6.07) is 9.12. The second-order valence-electron chi connectivity index (χ2n) is 23.1. The zero-order valence-corrected chi connectivity index (χ0v) is 39.4. The summed E-state index contributed by atoms with van der Waals surface area (Å²) in [6.45, 7) is 14.6. The number of benzene rings is 1. The van der Waals surface area contributed by atoms with Gasteiger partial charge in [-0.1, -0.05) is 58.2 Å². The van der Waals surface area contributed by atoms with E-state index in [4.69, 9.17) is 4.74 Å². The number of fused-ring (bicyclic) bond motifs is 9. The Kier molecular flexibility index (Phi) is 12.0. The Hall–Kier alpha value is -2.96. The standard InChI is InChI=1S/C55H77NO7/c1-8-22-55(62)33(3)26-45-41-16-12-35-27-38(57)15-17-40(35)50(41)42(31-53(45,55)5)34-10-13-37(14-11-34)56(7)24-25-63-39-21-23-52(4)36(28-39)29-47(58)51-44-19-18-43(32(2)9-20-49(60)61)54(44,6)48(59)30-46(51)52/h10-11,13-14,27,32-33,36,39,41-48,51,58-59,62H,9,12,15-21,23-26,28-31H2,1-7H3,(H,60,61)/t32-,33?,36+,39+,41?,42-,43-,44+,45?,46+,47-,48+,51+,52+,53+,54-,55+/m1/s1. The summed E-state index contributed by atoms with van der Waals surface area (Å²) in [6.07, 6.45) is 13.8. The maximum atomic E-state index is 12.6. The molecule has 6 saturated carbocycles. The van der Waals surface area contributed by atoms with Crippen molar-refractivity contribution in [2.45, 2.75) is 168 Å². The summed E-state index contributed by atoms with van der Waals surface area (Å²) in [4.78, 5) is 26.3. The molecule has 344 valence electrons. The highest BCUT2D eigenvalue weighted by molar-refractivity contribution is 5.93. The lowest BCUT2D eigenvalue weighted by Gasteiger charge is -2.63. The Morgan fingerprint density at radius 1 is 0.968 bits per heavy atom. The van der Waals surface area contributed by atoms with Crippen LogP contribution in [0.2, 0.25) is 0 Å². The molecule has 4 N–H and O–H groups in total. The minimum Gasteiger partial charge on any atom is -0.481 e. The van der Waals surface area contributed by atoms with Crippen LogP contribution in [0.3, 0.4) is 0 Å². The monoisotopic (exact) mass is 864 g/mol. The van der Waals surface area contributed by atoms with E-state index in [1.807, 2.05) is 13.0 Å². The number of aliphatic carboxylic acids is 1. The molecule has 3 unspecified atom stereocenters. The van der Waals surface area contributed by atoms with Crippen LogP contribution in [0.15, 0.2) is 47.1 Å². The van der Waals surface area contributed by atoms with Gasteiger partial charge >= 0.3 is 5.97 Å². The van der Waals surface area contributed by atoms with E-state index in [9.17, 15) is 30.0 Å². The number of aliphatic hydroxyl groups is 3. The summed E-state index contributed by atoms with van der Waals surface area (Å²) in [7, 11) is 2.14. The Balaban J connectivity index is 0.848. The number of likely N-dealkylation sites (N-methyl/N-ethyl adjacent to an activating group) is 1. The number of ether oxygens (including phenoxy) is 1. The largest absolute Gasteiger partial charge is 0.481 e. The zero-order chi connectivity index (χ0) is 44.8. The van der Waals surface area contributed by atoms with Crippen LogP contribution in [-0.4, -0.2) is 76.3 Å². The van der Waals surface area contributed by atoms with E-state index in [2.05, 4.69) is 82.7 Å². The van der Waals surface area contributed by atoms with Crippen LogP contribution in [0.5, 0.6) is 0 Å². The quantitative estimate of drug-likeness (QED) is 0.172. The van der Waals surface area contributed by atoms with Crippen molar-refractivity contribution in [3.63, 3.8) is 0 Å². The van der Waals surface area contributed by atoms with Crippen LogP contribution in [-0.2, 0) is 14.3 Å². The number of hydrogen-bond acceptors (Lipinski definition) is 7. The van der Waals surface area contributed by atoms with Crippen molar-refractivity contribution < 1.29 is 34.8 Å². The first-order valence-electron chi connectivity index (χ1n) is 25.1. The van der Waals surface area contributed by atoms with Crippen LogP contribution in [0.1, 0.15) is 149 Å². The van der Waals surface area contributed by atoms with Gasteiger partial charge in [-0.05, 0) is 189 Å². The molecule has 6 fully saturated rings. The molecule has 8 nitrogen and oxygen atoms in total. The van der Waals surface area contributed by atoms with E-state index in [1.165, 1.54) is 22.3 Å². The molecule has 8 aliphatic carbocycles. The first kappa shape index (κ1) is 45.2. The molecular weight excluding hydrogens is 787 g/mol. The number of carbonyl (C=O) groups excluding carboxylic acids is 1. The summed E-state index contributed by atoms with van der Waals surface area (Å²) in [5.74, 6) is 8.58. The first-order chi connectivity index (χ1) is 29.9. The van der Waals surface area contributed by atoms with Gasteiger partial charge in [0.15, 0.2) is 5.78 Å². The highest BCUT2D eigenvalue weighted by atomic mass is 16.5. The fraction of sp³-hybridized carbons (Fsp3) is 0.745. The SMILES string of the molecule is CC#C[C@]1(O)C(C)CC2C3CCC4=CC(=O)CCC4=C3[C@@H](c3ccc(N(C)CCO[C@H]4CC[C@@]5(C)[C@@H](C4)C[C@@H](O)[C@@H]4[C@@H]5C[C@H](O)[C@]5(C)[C@@H]([C@H](C)CCC(=O)O)CC[C@@H]45)cc3)C[C@@]21C. The van der Waals surface area contributed by atoms with Gasteiger partial charge in [0.1, 0.15) is 5.60 Å². The molecule has 1 aromatic carbocycles. The number of hydrogen-bond donors (Lipinski definition) is 4. The molecule has 1 aromatic rings. The molecule has 9 rings (SSSR count). The minimum atomic E-state index is -1.03. The van der Waals surface area contributed by atoms with E-state index in [1.54, 1.807) is 0 Å². The number of aliphatic hydroxyl groups excluding tert-OH is 2. The zero-order valence-electron chi connectivity index (χ0n) is 39.4. The van der Waals surface area contributed by atoms with E-state index >= 15 is 0 Å². The van der Waals surface area contributed by atoms with Gasteiger partial charge in [-0.15, -0.1) is 5.92 Å². The molecule has 8 heteroatoms. The van der Waals surface area contributed by atoms with E-state index in [0.29, 0.717) is 37.2 Å². The molecule has 0 spiro atoms. The lowest BCUT2D eigenvalue weighted by Crippen LogP contribution is -2.62. The smallest absolute Gasteiger partial charge is 0.303 e. The van der Waals surface area contributed by atoms with Crippen LogP contribution in [0.25, 0.3) is 0 Å². The van der Waals surface area contributed by atoms with Crippen molar-refractivity contribution >= 4 is 17.4 Å². The molecule has 17 atom stereocenters. The maximum absolute atomic E-state index is 12.6. The lowest BCUT2D eigenvalue weighted by atomic mass is 9.43. The highest BCUT2D eigenvalue weighted by Gasteiger charge is 2.67. The van der Waals surface area contributed by atoms with Gasteiger partial charge in [-0.25, -0.2) is 0 Å². The number of allylic oxidation sites excluding steroid dienone is 4. The summed E-state index contributed by atoms with van der Waals surface area (Å²) in [5.41, 5.74) is 5.08. The minimum absolute atomic E-state index is 0.0626. The first-order valence-corrected chi connectivity index (χ1v) is 25.1. The van der Waals surface area contributed by atoms with Gasteiger partial charge in [0.05, 0.1) is 24.9 Å². The van der Waals surface area contributed by atoms with Gasteiger partial charge in [0.25, 0.3) is 0 Å². The van der Waals surface area contributed by atoms with Gasteiger partial charge in [0.2, 0.25) is 0 Å². The maximum Gasteiger partial charge on any atom is 0.303 e. The molecule has 63 heavy (non-hydrogen) atoms. The van der Waals surface area contributed by atoms with Crippen molar-refractivity contribution in [1.82, 2.24) is 0 Å². The Morgan fingerprint density at radius 3 is 2.46 bits per heavy atom. The molecule has 0 aliphatic heterocycles. The Labute approximate surface area is 377 Å². The number of ketones is 1. The fourth-order valence-corrected chi connectivity index (χ4v) is 17.0. The number of rotatable bonds is 10. The fourth-order valence-electron chi connectivity index (χ4n) is 17.0. The molecule has 0 saturated heterocycles. The second-order valence-corrected chi connectivity index (χ2v) is 23.1. The molecule has 0 bridgehead atoms. The molecule has 8 aliphatic rings. The predicted molar refractivity (Wildman–Crippen MR) is 247 cm³/mol. The lowest BCUT2D eigenvalue weighted by molar-refractivity contribution is -0.209.